The molecule has 0 aromatic heterocycles. The number of hydrogen-bond donors (Lipinski definition) is 2. The quantitative estimate of drug-likeness (QED) is 0.823. The Labute approximate surface area is 128 Å². The molecule has 1 fully saturated rings. The first-order valence-corrected chi connectivity index (χ1v) is 7.83. The van der Waals surface area contributed by atoms with E-state index in [4.69, 9.17) is 18.0 Å². The zero-order chi connectivity index (χ0) is 14.0. The molecule has 19 heavy (non-hydrogen) atoms. The predicted molar refractivity (Wildman–Crippen MR) is 88.3 cm³/mol. The number of nitrogens with one attached hydrogen (secondary N) is 1. The molecule has 5 heteroatoms. The van der Waals surface area contributed by atoms with E-state index in [9.17, 15) is 0 Å². The maximum atomic E-state index is 5.64. The second kappa shape index (κ2) is 6.20. The number of benzene rings is 1. The van der Waals surface area contributed by atoms with Gasteiger partial charge in [-0.15, -0.1) is 0 Å². The van der Waals surface area contributed by atoms with Crippen molar-refractivity contribution in [3.63, 3.8) is 0 Å². The summed E-state index contributed by atoms with van der Waals surface area (Å²) in [6.07, 6.45) is 3.78. The largest absolute Gasteiger partial charge is 0.389 e. The van der Waals surface area contributed by atoms with Crippen molar-refractivity contribution in [1.82, 2.24) is 5.01 Å². The highest BCUT2D eigenvalue weighted by Crippen LogP contribution is 2.28. The van der Waals surface area contributed by atoms with Crippen molar-refractivity contribution in [3.05, 3.63) is 28.2 Å². The number of hydrogen-bond acceptors (Lipinski definition) is 3. The Bertz CT molecular complexity index is 468. The molecular formula is C14H20BrN3S. The van der Waals surface area contributed by atoms with Crippen LogP contribution in [0.25, 0.3) is 0 Å². The zero-order valence-electron chi connectivity index (χ0n) is 11.3. The summed E-state index contributed by atoms with van der Waals surface area (Å²) in [5.41, 5.74) is 11.1. The molecule has 2 rings (SSSR count). The van der Waals surface area contributed by atoms with Gasteiger partial charge in [-0.25, -0.2) is 5.01 Å². The maximum Gasteiger partial charge on any atom is 0.104 e. The molecule has 0 saturated carbocycles. The maximum absolute atomic E-state index is 5.64. The van der Waals surface area contributed by atoms with E-state index in [1.54, 1.807) is 0 Å². The molecule has 0 bridgehead atoms. The Morgan fingerprint density at radius 2 is 2.00 bits per heavy atom. The van der Waals surface area contributed by atoms with Crippen molar-refractivity contribution in [1.29, 1.82) is 0 Å². The first kappa shape index (κ1) is 14.8. The van der Waals surface area contributed by atoms with Crippen molar-refractivity contribution in [2.75, 3.05) is 5.43 Å². The van der Waals surface area contributed by atoms with Crippen LogP contribution >= 0.6 is 28.1 Å². The van der Waals surface area contributed by atoms with Crippen LogP contribution in [-0.2, 0) is 0 Å². The smallest absolute Gasteiger partial charge is 0.104 e. The number of hydrazine groups is 1. The lowest BCUT2D eigenvalue weighted by Crippen LogP contribution is -2.47. The van der Waals surface area contributed by atoms with Crippen LogP contribution in [0.15, 0.2) is 22.7 Å². The van der Waals surface area contributed by atoms with Crippen LogP contribution in [0, 0.1) is 0 Å². The molecule has 1 aliphatic rings. The SMILES string of the molecule is CC1CCCC(C)N1Nc1ccc(C(N)=S)cc1Br. The summed E-state index contributed by atoms with van der Waals surface area (Å²) in [6.45, 7) is 4.53. The van der Waals surface area contributed by atoms with Crippen LogP contribution < -0.4 is 11.2 Å². The molecule has 0 spiro atoms. The molecule has 2 atom stereocenters. The van der Waals surface area contributed by atoms with Crippen LogP contribution in [0.3, 0.4) is 0 Å². The van der Waals surface area contributed by atoms with Gasteiger partial charge in [-0.3, -0.25) is 0 Å². The molecule has 3 N–H and O–H groups in total. The summed E-state index contributed by atoms with van der Waals surface area (Å²) in [7, 11) is 0. The molecular weight excluding hydrogens is 322 g/mol. The van der Waals surface area contributed by atoms with E-state index in [-0.39, 0.29) is 0 Å². The van der Waals surface area contributed by atoms with Gasteiger partial charge >= 0.3 is 0 Å². The van der Waals surface area contributed by atoms with Crippen molar-refractivity contribution in [2.24, 2.45) is 5.73 Å². The van der Waals surface area contributed by atoms with Crippen molar-refractivity contribution in [2.45, 2.75) is 45.2 Å². The summed E-state index contributed by atoms with van der Waals surface area (Å²) in [4.78, 5) is 0.423. The molecule has 1 heterocycles. The van der Waals surface area contributed by atoms with E-state index in [0.717, 1.165) is 15.7 Å². The molecule has 1 aliphatic heterocycles. The first-order chi connectivity index (χ1) is 8.99. The Morgan fingerprint density at radius 3 is 2.53 bits per heavy atom. The number of thiocarbonyl (C=S) groups is 1. The number of halogens is 1. The van der Waals surface area contributed by atoms with Crippen molar-refractivity contribution in [3.8, 4) is 0 Å². The molecule has 0 radical (unpaired) electrons. The molecule has 1 saturated heterocycles. The van der Waals surface area contributed by atoms with E-state index in [2.05, 4.69) is 40.2 Å². The van der Waals surface area contributed by atoms with Gasteiger partial charge in [0.25, 0.3) is 0 Å². The third-order valence-electron chi connectivity index (χ3n) is 3.70. The topological polar surface area (TPSA) is 41.3 Å². The summed E-state index contributed by atoms with van der Waals surface area (Å²) >= 11 is 8.57. The fraction of sp³-hybridized carbons (Fsp3) is 0.500. The lowest BCUT2D eigenvalue weighted by molar-refractivity contribution is 0.135. The van der Waals surface area contributed by atoms with Gasteiger partial charge in [0.05, 0.1) is 5.69 Å². The predicted octanol–water partition coefficient (Wildman–Crippen LogP) is 3.67. The van der Waals surface area contributed by atoms with E-state index in [0.29, 0.717) is 17.1 Å². The summed E-state index contributed by atoms with van der Waals surface area (Å²) in [5.74, 6) is 0. The second-order valence-electron chi connectivity index (χ2n) is 5.21. The van der Waals surface area contributed by atoms with Crippen molar-refractivity contribution < 1.29 is 0 Å². The third kappa shape index (κ3) is 3.46. The number of anilines is 1. The minimum absolute atomic E-state index is 0.423. The fourth-order valence-electron chi connectivity index (χ4n) is 2.54. The van der Waals surface area contributed by atoms with Crippen LogP contribution in [0.2, 0.25) is 0 Å². The minimum Gasteiger partial charge on any atom is -0.389 e. The van der Waals surface area contributed by atoms with E-state index < -0.39 is 0 Å². The van der Waals surface area contributed by atoms with Crippen LogP contribution in [0.5, 0.6) is 0 Å². The standard InChI is InChI=1S/C14H20BrN3S/c1-9-4-3-5-10(2)18(9)17-13-7-6-11(14(16)19)8-12(13)15/h6-10,17H,3-5H2,1-2H3,(H2,16,19). The normalized spacial score (nSPS) is 24.2. The Balaban J connectivity index is 2.16. The van der Waals surface area contributed by atoms with Gasteiger partial charge < -0.3 is 11.2 Å². The van der Waals surface area contributed by atoms with Gasteiger partial charge in [0.1, 0.15) is 4.99 Å². The van der Waals surface area contributed by atoms with Crippen molar-refractivity contribution >= 4 is 38.8 Å². The molecule has 1 aromatic carbocycles. The van der Waals surface area contributed by atoms with E-state index in [1.807, 2.05) is 18.2 Å². The van der Waals surface area contributed by atoms with E-state index in [1.165, 1.54) is 19.3 Å². The Hall–Kier alpha value is -0.650. The molecule has 0 amide bonds. The van der Waals surface area contributed by atoms with Gasteiger partial charge in [0.2, 0.25) is 0 Å². The highest BCUT2D eigenvalue weighted by Gasteiger charge is 2.25. The lowest BCUT2D eigenvalue weighted by Gasteiger charge is -2.39. The van der Waals surface area contributed by atoms with Gasteiger partial charge in [0.15, 0.2) is 0 Å². The van der Waals surface area contributed by atoms with Gasteiger partial charge in [-0.2, -0.15) is 0 Å². The van der Waals surface area contributed by atoms with Gasteiger partial charge in [-0.1, -0.05) is 18.6 Å². The Kier molecular flexibility index (Phi) is 4.81. The second-order valence-corrected chi connectivity index (χ2v) is 6.50. The van der Waals surface area contributed by atoms with Crippen LogP contribution in [0.1, 0.15) is 38.7 Å². The first-order valence-electron chi connectivity index (χ1n) is 6.63. The van der Waals surface area contributed by atoms with Gasteiger partial charge in [-0.05, 0) is 60.8 Å². The monoisotopic (exact) mass is 341 g/mol. The minimum atomic E-state index is 0.423. The summed E-state index contributed by atoms with van der Waals surface area (Å²) < 4.78 is 0.989. The molecule has 1 aromatic rings. The highest BCUT2D eigenvalue weighted by molar-refractivity contribution is 9.10. The van der Waals surface area contributed by atoms with Crippen LogP contribution in [0.4, 0.5) is 5.69 Å². The summed E-state index contributed by atoms with van der Waals surface area (Å²) in [6, 6.07) is 7.03. The molecule has 3 nitrogen and oxygen atoms in total. The van der Waals surface area contributed by atoms with E-state index >= 15 is 0 Å². The van der Waals surface area contributed by atoms with Crippen LogP contribution in [-0.4, -0.2) is 22.1 Å². The number of nitrogens with two attached hydrogens (primary N) is 1. The number of nitrogens with zero attached hydrogens (tertiary/aromatic N) is 1. The Morgan fingerprint density at radius 1 is 1.37 bits per heavy atom. The van der Waals surface area contributed by atoms with Gasteiger partial charge in [0, 0.05) is 22.1 Å². The lowest BCUT2D eigenvalue weighted by atomic mass is 10.00. The third-order valence-corrected chi connectivity index (χ3v) is 4.59. The molecule has 2 unspecified atom stereocenters. The fourth-order valence-corrected chi connectivity index (χ4v) is 3.13. The highest BCUT2D eigenvalue weighted by atomic mass is 79.9. The molecule has 0 aliphatic carbocycles. The average molecular weight is 342 g/mol. The average Bonchev–Trinajstić information content (AvgIpc) is 2.35. The number of rotatable bonds is 3. The number of piperidine rings is 1. The zero-order valence-corrected chi connectivity index (χ0v) is 13.7. The summed E-state index contributed by atoms with van der Waals surface area (Å²) in [5, 5.41) is 2.34. The molecule has 104 valence electrons.